The lowest BCUT2D eigenvalue weighted by molar-refractivity contribution is 0.0954. The van der Waals surface area contributed by atoms with E-state index < -0.39 is 0 Å². The molecule has 0 spiro atoms. The molecule has 0 saturated carbocycles. The summed E-state index contributed by atoms with van der Waals surface area (Å²) in [6.07, 6.45) is 4.46. The van der Waals surface area contributed by atoms with Crippen molar-refractivity contribution in [1.82, 2.24) is 10.3 Å². The molecular weight excluding hydrogens is 228 g/mol. The second-order valence-electron chi connectivity index (χ2n) is 4.28. The van der Waals surface area contributed by atoms with Gasteiger partial charge in [0.05, 0.1) is 0 Å². The van der Waals surface area contributed by atoms with Gasteiger partial charge in [-0.2, -0.15) is 0 Å². The number of carbonyl (C=O) groups excluding carboxylic acids is 1. The van der Waals surface area contributed by atoms with Crippen LogP contribution < -0.4 is 5.32 Å². The lowest BCUT2D eigenvalue weighted by Gasteiger charge is -2.06. The molecule has 0 aliphatic rings. The van der Waals surface area contributed by atoms with Gasteiger partial charge in [-0.15, -0.1) is 0 Å². The molecule has 0 radical (unpaired) electrons. The minimum absolute atomic E-state index is 0.0378. The van der Waals surface area contributed by atoms with Crippen molar-refractivity contribution in [2.75, 3.05) is 13.2 Å². The number of fused-ring (bicyclic) bond motifs is 1. The van der Waals surface area contributed by atoms with E-state index in [4.69, 9.17) is 5.11 Å². The summed E-state index contributed by atoms with van der Waals surface area (Å²) in [4.78, 5) is 15.1. The average Bonchev–Trinajstić information content (AvgIpc) is 2.86. The Kier molecular flexibility index (Phi) is 4.36. The van der Waals surface area contributed by atoms with Gasteiger partial charge in [-0.25, -0.2) is 0 Å². The Labute approximate surface area is 106 Å². The van der Waals surface area contributed by atoms with E-state index in [1.807, 2.05) is 30.5 Å². The van der Waals surface area contributed by atoms with Crippen LogP contribution in [0.5, 0.6) is 0 Å². The van der Waals surface area contributed by atoms with Gasteiger partial charge in [-0.05, 0) is 37.5 Å². The van der Waals surface area contributed by atoms with Gasteiger partial charge in [-0.3, -0.25) is 4.79 Å². The van der Waals surface area contributed by atoms with Crippen molar-refractivity contribution in [2.45, 2.75) is 19.3 Å². The first-order valence-electron chi connectivity index (χ1n) is 6.28. The quantitative estimate of drug-likeness (QED) is 0.683. The molecule has 1 amide bonds. The van der Waals surface area contributed by atoms with Crippen molar-refractivity contribution in [3.8, 4) is 0 Å². The van der Waals surface area contributed by atoms with Crippen LogP contribution in [-0.2, 0) is 0 Å². The van der Waals surface area contributed by atoms with E-state index in [0.717, 1.165) is 30.2 Å². The molecule has 0 saturated heterocycles. The van der Waals surface area contributed by atoms with Crippen LogP contribution in [0.15, 0.2) is 30.5 Å². The molecule has 2 aromatic rings. The molecule has 96 valence electrons. The number of H-pyrrole nitrogens is 1. The van der Waals surface area contributed by atoms with Gasteiger partial charge in [0.25, 0.3) is 5.91 Å². The number of amides is 1. The minimum atomic E-state index is -0.0378. The fraction of sp³-hybridized carbons (Fsp3) is 0.357. The van der Waals surface area contributed by atoms with Crippen LogP contribution >= 0.6 is 0 Å². The lowest BCUT2D eigenvalue weighted by Crippen LogP contribution is -2.24. The molecule has 0 unspecified atom stereocenters. The van der Waals surface area contributed by atoms with E-state index >= 15 is 0 Å². The van der Waals surface area contributed by atoms with Crippen LogP contribution in [0.4, 0.5) is 0 Å². The molecule has 0 atom stereocenters. The van der Waals surface area contributed by atoms with Gasteiger partial charge in [-0.1, -0.05) is 6.07 Å². The van der Waals surface area contributed by atoms with Gasteiger partial charge >= 0.3 is 0 Å². The average molecular weight is 246 g/mol. The van der Waals surface area contributed by atoms with Crippen molar-refractivity contribution in [1.29, 1.82) is 0 Å². The number of nitrogens with one attached hydrogen (secondary N) is 2. The highest BCUT2D eigenvalue weighted by Crippen LogP contribution is 2.17. The predicted octanol–water partition coefficient (Wildman–Crippen LogP) is 2.06. The lowest BCUT2D eigenvalue weighted by atomic mass is 10.1. The third-order valence-electron chi connectivity index (χ3n) is 2.96. The number of benzene rings is 1. The molecule has 1 aromatic heterocycles. The Balaban J connectivity index is 1.94. The maximum atomic E-state index is 12.0. The molecule has 0 aliphatic carbocycles. The van der Waals surface area contributed by atoms with Gasteiger partial charge in [0, 0.05) is 35.8 Å². The maximum absolute atomic E-state index is 12.0. The Hall–Kier alpha value is -1.81. The van der Waals surface area contributed by atoms with Gasteiger partial charge in [0.1, 0.15) is 0 Å². The van der Waals surface area contributed by atoms with E-state index in [2.05, 4.69) is 10.3 Å². The summed E-state index contributed by atoms with van der Waals surface area (Å²) in [7, 11) is 0. The van der Waals surface area contributed by atoms with Gasteiger partial charge < -0.3 is 15.4 Å². The third-order valence-corrected chi connectivity index (χ3v) is 2.96. The first-order valence-corrected chi connectivity index (χ1v) is 6.28. The van der Waals surface area contributed by atoms with Gasteiger partial charge in [0.2, 0.25) is 0 Å². The van der Waals surface area contributed by atoms with Crippen LogP contribution in [0.2, 0.25) is 0 Å². The van der Waals surface area contributed by atoms with Crippen LogP contribution in [0.1, 0.15) is 29.6 Å². The topological polar surface area (TPSA) is 65.1 Å². The second kappa shape index (κ2) is 6.21. The molecular formula is C14H18N2O2. The van der Waals surface area contributed by atoms with E-state index in [0.29, 0.717) is 12.1 Å². The van der Waals surface area contributed by atoms with E-state index in [9.17, 15) is 4.79 Å². The van der Waals surface area contributed by atoms with E-state index in [1.165, 1.54) is 0 Å². The molecule has 0 bridgehead atoms. The SMILES string of the molecule is O=C(NCCCCCO)c1cccc2[nH]ccc12. The number of carbonyl (C=O) groups is 1. The minimum Gasteiger partial charge on any atom is -0.396 e. The smallest absolute Gasteiger partial charge is 0.251 e. The fourth-order valence-electron chi connectivity index (χ4n) is 1.99. The zero-order valence-corrected chi connectivity index (χ0v) is 10.3. The number of rotatable bonds is 6. The summed E-state index contributed by atoms with van der Waals surface area (Å²) in [6, 6.07) is 7.57. The monoisotopic (exact) mass is 246 g/mol. The summed E-state index contributed by atoms with van der Waals surface area (Å²) in [5.74, 6) is -0.0378. The zero-order valence-electron chi connectivity index (χ0n) is 10.3. The molecule has 2 rings (SSSR count). The van der Waals surface area contributed by atoms with Crippen molar-refractivity contribution >= 4 is 16.8 Å². The van der Waals surface area contributed by atoms with Crippen molar-refractivity contribution in [2.24, 2.45) is 0 Å². The highest BCUT2D eigenvalue weighted by molar-refractivity contribution is 6.06. The number of aromatic nitrogens is 1. The van der Waals surface area contributed by atoms with Crippen LogP contribution in [0.25, 0.3) is 10.9 Å². The summed E-state index contributed by atoms with van der Waals surface area (Å²) in [6.45, 7) is 0.871. The maximum Gasteiger partial charge on any atom is 0.251 e. The number of aromatic amines is 1. The number of hydrogen-bond acceptors (Lipinski definition) is 2. The molecule has 18 heavy (non-hydrogen) atoms. The first kappa shape index (κ1) is 12.6. The van der Waals surface area contributed by atoms with Crippen LogP contribution in [0, 0.1) is 0 Å². The van der Waals surface area contributed by atoms with Crippen LogP contribution in [-0.4, -0.2) is 29.1 Å². The Morgan fingerprint density at radius 1 is 1.22 bits per heavy atom. The van der Waals surface area contributed by atoms with Crippen LogP contribution in [0.3, 0.4) is 0 Å². The number of aliphatic hydroxyl groups excluding tert-OH is 1. The molecule has 3 N–H and O–H groups in total. The number of aliphatic hydroxyl groups is 1. The zero-order chi connectivity index (χ0) is 12.8. The summed E-state index contributed by atoms with van der Waals surface area (Å²) >= 11 is 0. The Morgan fingerprint density at radius 2 is 2.11 bits per heavy atom. The second-order valence-corrected chi connectivity index (χ2v) is 4.28. The normalized spacial score (nSPS) is 10.7. The number of unbranched alkanes of at least 4 members (excludes halogenated alkanes) is 2. The highest BCUT2D eigenvalue weighted by Gasteiger charge is 2.09. The molecule has 4 nitrogen and oxygen atoms in total. The number of hydrogen-bond donors (Lipinski definition) is 3. The van der Waals surface area contributed by atoms with Gasteiger partial charge in [0.15, 0.2) is 0 Å². The van der Waals surface area contributed by atoms with Crippen molar-refractivity contribution in [3.63, 3.8) is 0 Å². The Morgan fingerprint density at radius 3 is 2.94 bits per heavy atom. The fourth-order valence-corrected chi connectivity index (χ4v) is 1.99. The first-order chi connectivity index (χ1) is 8.83. The third kappa shape index (κ3) is 2.90. The molecule has 1 aromatic carbocycles. The molecule has 0 aliphatic heterocycles. The Bertz CT molecular complexity index is 519. The summed E-state index contributed by atoms with van der Waals surface area (Å²) < 4.78 is 0. The molecule has 4 heteroatoms. The standard InChI is InChI=1S/C14H18N2O2/c17-10-3-1-2-8-16-14(18)12-5-4-6-13-11(12)7-9-15-13/h4-7,9,15,17H,1-3,8,10H2,(H,16,18). The van der Waals surface area contributed by atoms with Crippen molar-refractivity contribution in [3.05, 3.63) is 36.0 Å². The van der Waals surface area contributed by atoms with E-state index in [1.54, 1.807) is 0 Å². The molecule has 1 heterocycles. The van der Waals surface area contributed by atoms with Crippen molar-refractivity contribution < 1.29 is 9.90 Å². The summed E-state index contributed by atoms with van der Waals surface area (Å²) in [5, 5.41) is 12.5. The summed E-state index contributed by atoms with van der Waals surface area (Å²) in [5.41, 5.74) is 1.68. The predicted molar refractivity (Wildman–Crippen MR) is 71.6 cm³/mol. The highest BCUT2D eigenvalue weighted by atomic mass is 16.2. The largest absolute Gasteiger partial charge is 0.396 e. The molecule has 0 fully saturated rings. The van der Waals surface area contributed by atoms with E-state index in [-0.39, 0.29) is 12.5 Å².